The van der Waals surface area contributed by atoms with E-state index >= 15 is 0 Å². The van der Waals surface area contributed by atoms with Gasteiger partial charge >= 0.3 is 5.96 Å². The summed E-state index contributed by atoms with van der Waals surface area (Å²) in [6, 6.07) is -1.32. The molecule has 3 aliphatic rings. The van der Waals surface area contributed by atoms with Gasteiger partial charge in [-0.05, 0) is 6.92 Å². The zero-order valence-corrected chi connectivity index (χ0v) is 11.7. The van der Waals surface area contributed by atoms with Gasteiger partial charge in [-0.15, -0.1) is 0 Å². The van der Waals surface area contributed by atoms with E-state index in [9.17, 15) is 15.3 Å². The van der Waals surface area contributed by atoms with Crippen molar-refractivity contribution in [3.63, 3.8) is 0 Å². The Morgan fingerprint density at radius 1 is 1.52 bits per heavy atom. The normalized spacial score (nSPS) is 40.2. The summed E-state index contributed by atoms with van der Waals surface area (Å²) in [6.45, 7) is 1.91. The van der Waals surface area contributed by atoms with Gasteiger partial charge in [0, 0.05) is 6.61 Å². The average Bonchev–Trinajstić information content (AvgIpc) is 2.88. The van der Waals surface area contributed by atoms with E-state index in [2.05, 4.69) is 15.3 Å². The molecule has 1 spiro atoms. The Hall–Kier alpha value is -1.62. The highest BCUT2D eigenvalue weighted by atomic mass is 16.6. The SMILES string of the molecule is CCO[C@H]1CN2C(N)=N[C@@H](CO)[C@@H]3[NH+]=C(N)N[C@@]32C1(O)O. The predicted octanol–water partition coefficient (Wildman–Crippen LogP) is -5.86. The van der Waals surface area contributed by atoms with Crippen molar-refractivity contribution in [3.8, 4) is 0 Å². The average molecular weight is 301 g/mol. The van der Waals surface area contributed by atoms with E-state index in [1.807, 2.05) is 0 Å². The molecule has 0 aromatic carbocycles. The Morgan fingerprint density at radius 2 is 2.24 bits per heavy atom. The zero-order valence-electron chi connectivity index (χ0n) is 11.7. The Kier molecular flexibility index (Phi) is 3.03. The van der Waals surface area contributed by atoms with E-state index in [0.717, 1.165) is 0 Å². The Morgan fingerprint density at radius 3 is 2.86 bits per heavy atom. The molecule has 0 bridgehead atoms. The van der Waals surface area contributed by atoms with Gasteiger partial charge in [0.2, 0.25) is 0 Å². The number of hydrogen-bond acceptors (Lipinski definition) is 9. The highest BCUT2D eigenvalue weighted by Crippen LogP contribution is 2.41. The lowest BCUT2D eigenvalue weighted by Gasteiger charge is -2.45. The highest BCUT2D eigenvalue weighted by Gasteiger charge is 2.76. The molecule has 1 fully saturated rings. The topological polar surface area (TPSA) is 164 Å². The van der Waals surface area contributed by atoms with Crippen molar-refractivity contribution >= 4 is 11.9 Å². The van der Waals surface area contributed by atoms with Crippen molar-refractivity contribution in [2.75, 3.05) is 19.8 Å². The first-order valence-corrected chi connectivity index (χ1v) is 6.83. The molecule has 0 amide bonds. The molecule has 0 aromatic heterocycles. The minimum Gasteiger partial charge on any atom is -0.394 e. The number of aliphatic hydroxyl groups excluding tert-OH is 1. The van der Waals surface area contributed by atoms with Crippen LogP contribution in [0.15, 0.2) is 4.99 Å². The molecular formula is C11H21N6O4+. The maximum Gasteiger partial charge on any atom is 0.343 e. The Bertz CT molecular complexity index is 509. The van der Waals surface area contributed by atoms with Gasteiger partial charge in [-0.25, -0.2) is 10.3 Å². The van der Waals surface area contributed by atoms with Crippen LogP contribution < -0.4 is 21.8 Å². The van der Waals surface area contributed by atoms with E-state index in [1.165, 1.54) is 4.90 Å². The highest BCUT2D eigenvalue weighted by molar-refractivity contribution is 5.84. The molecule has 3 aliphatic heterocycles. The van der Waals surface area contributed by atoms with Gasteiger partial charge in [-0.2, -0.15) is 0 Å². The monoisotopic (exact) mass is 301 g/mol. The number of rotatable bonds is 3. The number of aliphatic imine (C=N–C) groups is 1. The molecule has 118 valence electrons. The van der Waals surface area contributed by atoms with Crippen LogP contribution in [0.4, 0.5) is 0 Å². The van der Waals surface area contributed by atoms with Crippen LogP contribution in [0.5, 0.6) is 0 Å². The van der Waals surface area contributed by atoms with Gasteiger partial charge < -0.3 is 25.8 Å². The molecule has 0 aliphatic carbocycles. The molecule has 0 saturated carbocycles. The molecular weight excluding hydrogens is 280 g/mol. The van der Waals surface area contributed by atoms with Crippen LogP contribution in [0.1, 0.15) is 6.92 Å². The first-order valence-electron chi connectivity index (χ1n) is 6.83. The van der Waals surface area contributed by atoms with E-state index < -0.39 is 29.6 Å². The predicted molar refractivity (Wildman–Crippen MR) is 71.6 cm³/mol. The summed E-state index contributed by atoms with van der Waals surface area (Å²) in [4.78, 5) is 8.62. The first-order chi connectivity index (χ1) is 9.88. The smallest absolute Gasteiger partial charge is 0.343 e. The molecule has 3 heterocycles. The number of hydrogen-bond donors (Lipinski definition) is 7. The van der Waals surface area contributed by atoms with Crippen molar-refractivity contribution in [1.82, 2.24) is 10.2 Å². The molecule has 3 rings (SSSR count). The van der Waals surface area contributed by atoms with E-state index in [-0.39, 0.29) is 25.1 Å². The fourth-order valence-electron chi connectivity index (χ4n) is 3.51. The van der Waals surface area contributed by atoms with Crippen molar-refractivity contribution in [2.45, 2.75) is 36.6 Å². The molecule has 10 nitrogen and oxygen atoms in total. The van der Waals surface area contributed by atoms with Crippen LogP contribution >= 0.6 is 0 Å². The van der Waals surface area contributed by atoms with Crippen molar-refractivity contribution in [1.29, 1.82) is 0 Å². The number of nitrogens with two attached hydrogens (primary N) is 2. The molecule has 4 atom stereocenters. The van der Waals surface area contributed by atoms with Crippen LogP contribution in [0.2, 0.25) is 0 Å². The molecule has 10 heteroatoms. The second-order valence-electron chi connectivity index (χ2n) is 5.45. The molecule has 0 unspecified atom stereocenters. The summed E-state index contributed by atoms with van der Waals surface area (Å²) in [7, 11) is 0. The number of ether oxygens (including phenoxy) is 1. The Balaban J connectivity index is 2.11. The number of aliphatic hydroxyl groups is 3. The maximum absolute atomic E-state index is 10.7. The summed E-state index contributed by atoms with van der Waals surface area (Å²) < 4.78 is 5.43. The van der Waals surface area contributed by atoms with Crippen molar-refractivity contribution < 1.29 is 25.0 Å². The summed E-state index contributed by atoms with van der Waals surface area (Å²) in [5.41, 5.74) is 10.3. The van der Waals surface area contributed by atoms with E-state index in [1.54, 1.807) is 6.92 Å². The largest absolute Gasteiger partial charge is 0.394 e. The van der Waals surface area contributed by atoms with Gasteiger partial charge in [-0.1, -0.05) is 0 Å². The van der Waals surface area contributed by atoms with Gasteiger partial charge in [0.05, 0.1) is 13.2 Å². The second kappa shape index (κ2) is 4.44. The number of guanidine groups is 2. The first kappa shape index (κ1) is 14.3. The lowest BCUT2D eigenvalue weighted by atomic mass is 9.86. The fourth-order valence-corrected chi connectivity index (χ4v) is 3.51. The quantitative estimate of drug-likeness (QED) is 0.253. The molecule has 9 N–H and O–H groups in total. The summed E-state index contributed by atoms with van der Waals surface area (Å²) in [5, 5.41) is 33.8. The van der Waals surface area contributed by atoms with E-state index in [0.29, 0.717) is 6.61 Å². The second-order valence-corrected chi connectivity index (χ2v) is 5.45. The molecule has 1 saturated heterocycles. The maximum atomic E-state index is 10.7. The molecule has 21 heavy (non-hydrogen) atoms. The third kappa shape index (κ3) is 1.61. The van der Waals surface area contributed by atoms with Crippen LogP contribution in [0.3, 0.4) is 0 Å². The lowest BCUT2D eigenvalue weighted by Crippen LogP contribution is -2.90. The van der Waals surface area contributed by atoms with Crippen molar-refractivity contribution in [2.24, 2.45) is 16.5 Å². The summed E-state index contributed by atoms with van der Waals surface area (Å²) in [5.74, 6) is -2.00. The number of nitrogens with one attached hydrogen (secondary N) is 2. The van der Waals surface area contributed by atoms with Crippen LogP contribution in [0.25, 0.3) is 0 Å². The van der Waals surface area contributed by atoms with Gasteiger partial charge in [-0.3, -0.25) is 15.6 Å². The van der Waals surface area contributed by atoms with Gasteiger partial charge in [0.25, 0.3) is 11.4 Å². The van der Waals surface area contributed by atoms with Crippen LogP contribution in [-0.2, 0) is 4.74 Å². The summed E-state index contributed by atoms with van der Waals surface area (Å²) >= 11 is 0. The van der Waals surface area contributed by atoms with Crippen LogP contribution in [-0.4, -0.2) is 81.5 Å². The third-order valence-electron chi connectivity index (χ3n) is 4.38. The zero-order chi connectivity index (χ0) is 15.4. The van der Waals surface area contributed by atoms with E-state index in [4.69, 9.17) is 16.2 Å². The van der Waals surface area contributed by atoms with Gasteiger partial charge in [0.15, 0.2) is 12.0 Å². The molecule has 0 radical (unpaired) electrons. The Labute approximate surface area is 121 Å². The summed E-state index contributed by atoms with van der Waals surface area (Å²) in [6.07, 6.45) is -0.892. The minimum atomic E-state index is -2.27. The molecule has 0 aromatic rings. The fraction of sp³-hybridized carbons (Fsp3) is 0.818. The minimum absolute atomic E-state index is 0.101. The lowest BCUT2D eigenvalue weighted by molar-refractivity contribution is -0.523. The van der Waals surface area contributed by atoms with Crippen LogP contribution in [0, 0.1) is 0 Å². The standard InChI is InChI=1S/C11H20N6O4/c1-2-21-6-3-17-9(13)14-5(4-18)7-10(17,11(6,19)20)16-8(12)15-7/h5-7,18-20H,2-4H2,1H3,(H2,13,14)(H3,12,15,16)/p+1/t5-,6-,7-,10-/m0/s1. The third-order valence-corrected chi connectivity index (χ3v) is 4.38. The van der Waals surface area contributed by atoms with Gasteiger partial charge in [0.1, 0.15) is 12.1 Å². The van der Waals surface area contributed by atoms with Crippen molar-refractivity contribution in [3.05, 3.63) is 0 Å². The number of nitrogens with zero attached hydrogens (tertiary/aromatic N) is 2.